The summed E-state index contributed by atoms with van der Waals surface area (Å²) in [5, 5.41) is 8.06. The molecule has 0 saturated carbocycles. The molecule has 2 aliphatic rings. The molecule has 0 atom stereocenters. The number of hydrogen-bond acceptors (Lipinski definition) is 6. The van der Waals surface area contributed by atoms with Crippen molar-refractivity contribution in [2.45, 2.75) is 25.7 Å². The number of carbonyl (C=O) groups excluding carboxylic acids is 2. The first-order valence-electron chi connectivity index (χ1n) is 11.6. The Morgan fingerprint density at radius 1 is 1.09 bits per heavy atom. The number of pyridine rings is 2. The Morgan fingerprint density at radius 2 is 1.88 bits per heavy atom. The number of hydrogen-bond donors (Lipinski definition) is 1. The second-order valence-electron chi connectivity index (χ2n) is 8.99. The van der Waals surface area contributed by atoms with E-state index < -0.39 is 0 Å². The fourth-order valence-electron chi connectivity index (χ4n) is 4.65. The van der Waals surface area contributed by atoms with Crippen molar-refractivity contribution in [3.05, 3.63) is 36.8 Å². The first-order valence-corrected chi connectivity index (χ1v) is 11.6. The van der Waals surface area contributed by atoms with Gasteiger partial charge in [-0.2, -0.15) is 5.10 Å². The Bertz CT molecular complexity index is 1160. The molecule has 2 aliphatic heterocycles. The molecule has 0 aromatic carbocycles. The third kappa shape index (κ3) is 4.88. The van der Waals surface area contributed by atoms with Gasteiger partial charge in [0.05, 0.1) is 24.0 Å². The van der Waals surface area contributed by atoms with Crippen molar-refractivity contribution in [1.29, 1.82) is 0 Å². The van der Waals surface area contributed by atoms with E-state index in [1.807, 2.05) is 36.3 Å². The fraction of sp³-hybridized carbons (Fsp3) is 0.458. The summed E-state index contributed by atoms with van der Waals surface area (Å²) in [5.74, 6) is 0.517. The summed E-state index contributed by atoms with van der Waals surface area (Å²) in [4.78, 5) is 38.6. The summed E-state index contributed by atoms with van der Waals surface area (Å²) >= 11 is 0. The topological polar surface area (TPSA) is 96.2 Å². The van der Waals surface area contributed by atoms with Gasteiger partial charge in [-0.15, -0.1) is 0 Å². The zero-order valence-electron chi connectivity index (χ0n) is 18.9. The monoisotopic (exact) mass is 447 g/mol. The van der Waals surface area contributed by atoms with E-state index in [-0.39, 0.29) is 17.7 Å². The summed E-state index contributed by atoms with van der Waals surface area (Å²) in [6, 6.07) is 5.72. The molecule has 0 aliphatic carbocycles. The van der Waals surface area contributed by atoms with Crippen LogP contribution in [0.25, 0.3) is 22.2 Å². The van der Waals surface area contributed by atoms with Gasteiger partial charge in [0.25, 0.3) is 0 Å². The maximum absolute atomic E-state index is 12.9. The maximum atomic E-state index is 12.9. The average Bonchev–Trinajstić information content (AvgIpc) is 3.50. The molecule has 5 heterocycles. The van der Waals surface area contributed by atoms with Gasteiger partial charge in [-0.05, 0) is 50.9 Å². The predicted molar refractivity (Wildman–Crippen MR) is 125 cm³/mol. The van der Waals surface area contributed by atoms with Crippen molar-refractivity contribution in [2.75, 3.05) is 38.0 Å². The largest absolute Gasteiger partial charge is 0.342 e. The van der Waals surface area contributed by atoms with Crippen LogP contribution >= 0.6 is 0 Å². The molecule has 2 saturated heterocycles. The first-order chi connectivity index (χ1) is 16.0. The molecule has 3 aromatic heterocycles. The lowest BCUT2D eigenvalue weighted by Gasteiger charge is -2.32. The minimum atomic E-state index is -0.118. The van der Waals surface area contributed by atoms with Crippen molar-refractivity contribution in [3.8, 4) is 11.3 Å². The van der Waals surface area contributed by atoms with E-state index in [0.29, 0.717) is 38.3 Å². The number of likely N-dealkylation sites (tertiary alicyclic amines) is 2. The van der Waals surface area contributed by atoms with Gasteiger partial charge in [0.15, 0.2) is 0 Å². The number of amides is 2. The molecule has 0 spiro atoms. The highest BCUT2D eigenvalue weighted by Crippen LogP contribution is 2.23. The summed E-state index contributed by atoms with van der Waals surface area (Å²) in [6.07, 6.45) is 9.13. The minimum Gasteiger partial charge on any atom is -0.342 e. The highest BCUT2D eigenvalue weighted by Gasteiger charge is 2.28. The molecule has 9 nitrogen and oxygen atoms in total. The zero-order valence-corrected chi connectivity index (χ0v) is 18.9. The standard InChI is InChI=1S/C24H29N7O2/c1-29-15-19(14-26-29)20-5-4-18-13-25-22(12-21(18)27-20)28-24(33)17-6-10-31(11-7-17)23(32)16-30-8-2-3-9-30/h4-5,12-15,17H,2-3,6-11,16H2,1H3,(H,25,28,33). The van der Waals surface area contributed by atoms with E-state index in [1.54, 1.807) is 17.1 Å². The molecule has 3 aromatic rings. The highest BCUT2D eigenvalue weighted by atomic mass is 16.2. The summed E-state index contributed by atoms with van der Waals surface area (Å²) in [6.45, 7) is 3.80. The number of rotatable bonds is 5. The van der Waals surface area contributed by atoms with Gasteiger partial charge >= 0.3 is 0 Å². The zero-order chi connectivity index (χ0) is 22.8. The van der Waals surface area contributed by atoms with Crippen molar-refractivity contribution >= 4 is 28.5 Å². The van der Waals surface area contributed by atoms with Crippen LogP contribution in [0.3, 0.4) is 0 Å². The lowest BCUT2D eigenvalue weighted by atomic mass is 9.96. The quantitative estimate of drug-likeness (QED) is 0.645. The van der Waals surface area contributed by atoms with Crippen molar-refractivity contribution in [1.82, 2.24) is 29.5 Å². The number of piperidine rings is 1. The van der Waals surface area contributed by atoms with Gasteiger partial charge in [0.1, 0.15) is 5.82 Å². The molecule has 0 bridgehead atoms. The fourth-order valence-corrected chi connectivity index (χ4v) is 4.65. The van der Waals surface area contributed by atoms with Crippen LogP contribution in [0.1, 0.15) is 25.7 Å². The summed E-state index contributed by atoms with van der Waals surface area (Å²) in [5.41, 5.74) is 2.53. The Kier molecular flexibility index (Phi) is 6.04. The summed E-state index contributed by atoms with van der Waals surface area (Å²) < 4.78 is 1.74. The van der Waals surface area contributed by atoms with E-state index in [9.17, 15) is 9.59 Å². The van der Waals surface area contributed by atoms with E-state index in [0.717, 1.165) is 35.2 Å². The predicted octanol–water partition coefficient (Wildman–Crippen LogP) is 2.30. The van der Waals surface area contributed by atoms with E-state index >= 15 is 0 Å². The van der Waals surface area contributed by atoms with Crippen LogP contribution in [0.15, 0.2) is 36.8 Å². The number of anilines is 1. The van der Waals surface area contributed by atoms with E-state index in [4.69, 9.17) is 4.98 Å². The SMILES string of the molecule is Cn1cc(-c2ccc3cnc(NC(=O)C4CCN(C(=O)CN5CCCC5)CC4)cc3n2)cn1. The third-order valence-electron chi connectivity index (χ3n) is 6.60. The van der Waals surface area contributed by atoms with Gasteiger partial charge < -0.3 is 10.2 Å². The number of nitrogens with zero attached hydrogens (tertiary/aromatic N) is 6. The smallest absolute Gasteiger partial charge is 0.236 e. The first kappa shape index (κ1) is 21.5. The Morgan fingerprint density at radius 3 is 2.61 bits per heavy atom. The lowest BCUT2D eigenvalue weighted by molar-refractivity contribution is -0.135. The van der Waals surface area contributed by atoms with Crippen LogP contribution < -0.4 is 5.32 Å². The molecule has 5 rings (SSSR count). The Hall–Kier alpha value is -3.33. The molecule has 2 amide bonds. The second kappa shape index (κ2) is 9.27. The number of aryl methyl sites for hydroxylation is 1. The Labute approximate surface area is 192 Å². The van der Waals surface area contributed by atoms with E-state index in [1.165, 1.54) is 12.8 Å². The number of nitrogens with one attached hydrogen (secondary N) is 1. The summed E-state index contributed by atoms with van der Waals surface area (Å²) in [7, 11) is 1.87. The third-order valence-corrected chi connectivity index (χ3v) is 6.60. The van der Waals surface area contributed by atoms with Crippen LogP contribution in [-0.2, 0) is 16.6 Å². The second-order valence-corrected chi connectivity index (χ2v) is 8.99. The molecule has 0 unspecified atom stereocenters. The highest BCUT2D eigenvalue weighted by molar-refractivity contribution is 5.94. The Balaban J connectivity index is 1.19. The van der Waals surface area contributed by atoms with Crippen LogP contribution in [0.5, 0.6) is 0 Å². The van der Waals surface area contributed by atoms with Gasteiger partial charge in [-0.1, -0.05) is 0 Å². The number of fused-ring (bicyclic) bond motifs is 1. The van der Waals surface area contributed by atoms with Crippen LogP contribution in [0.4, 0.5) is 5.82 Å². The number of carbonyl (C=O) groups is 2. The van der Waals surface area contributed by atoms with Crippen molar-refractivity contribution in [3.63, 3.8) is 0 Å². The molecule has 9 heteroatoms. The van der Waals surface area contributed by atoms with Crippen molar-refractivity contribution < 1.29 is 9.59 Å². The van der Waals surface area contributed by atoms with Gasteiger partial charge in [-0.25, -0.2) is 9.97 Å². The van der Waals surface area contributed by atoms with Gasteiger partial charge in [0, 0.05) is 55.5 Å². The van der Waals surface area contributed by atoms with Crippen LogP contribution in [0.2, 0.25) is 0 Å². The normalized spacial score (nSPS) is 17.5. The average molecular weight is 448 g/mol. The van der Waals surface area contributed by atoms with Gasteiger partial charge in [-0.3, -0.25) is 19.2 Å². The van der Waals surface area contributed by atoms with Crippen molar-refractivity contribution in [2.24, 2.45) is 13.0 Å². The molecule has 2 fully saturated rings. The van der Waals surface area contributed by atoms with Gasteiger partial charge in [0.2, 0.25) is 11.8 Å². The maximum Gasteiger partial charge on any atom is 0.236 e. The molecule has 172 valence electrons. The molecule has 1 N–H and O–H groups in total. The molecular formula is C24H29N7O2. The molecular weight excluding hydrogens is 418 g/mol. The molecule has 0 radical (unpaired) electrons. The number of aromatic nitrogens is 4. The minimum absolute atomic E-state index is 0.0445. The molecule has 33 heavy (non-hydrogen) atoms. The van der Waals surface area contributed by atoms with Crippen LogP contribution in [0, 0.1) is 5.92 Å². The lowest BCUT2D eigenvalue weighted by Crippen LogP contribution is -2.45. The van der Waals surface area contributed by atoms with Crippen LogP contribution in [-0.4, -0.2) is 74.1 Å². The van der Waals surface area contributed by atoms with E-state index in [2.05, 4.69) is 20.3 Å².